The Morgan fingerprint density at radius 3 is 2.85 bits per heavy atom. The Hall–Kier alpha value is -1.33. The number of ether oxygens (including phenoxy) is 1. The number of hydrogen-bond donors (Lipinski definition) is 0. The van der Waals surface area contributed by atoms with Gasteiger partial charge in [-0.1, -0.05) is 11.6 Å². The number of benzene rings is 1. The molecule has 0 bridgehead atoms. The van der Waals surface area contributed by atoms with Gasteiger partial charge >= 0.3 is 5.97 Å². The van der Waals surface area contributed by atoms with Crippen molar-refractivity contribution in [1.82, 2.24) is 9.55 Å². The summed E-state index contributed by atoms with van der Waals surface area (Å²) < 4.78 is 20.1. The molecule has 0 aliphatic carbocycles. The summed E-state index contributed by atoms with van der Waals surface area (Å²) in [4.78, 5) is 16.1. The van der Waals surface area contributed by atoms with E-state index < -0.39 is 17.8 Å². The molecule has 0 saturated carbocycles. The van der Waals surface area contributed by atoms with Crippen LogP contribution in [0, 0.1) is 5.82 Å². The fourth-order valence-electron chi connectivity index (χ4n) is 2.03. The van der Waals surface area contributed by atoms with Crippen LogP contribution in [0.4, 0.5) is 4.39 Å². The highest BCUT2D eigenvalue weighted by atomic mass is 35.5. The zero-order valence-corrected chi connectivity index (χ0v) is 12.5. The molecule has 1 unspecified atom stereocenters. The predicted molar refractivity (Wildman–Crippen MR) is 75.6 cm³/mol. The maximum absolute atomic E-state index is 13.5. The van der Waals surface area contributed by atoms with Crippen molar-refractivity contribution in [1.29, 1.82) is 0 Å². The van der Waals surface area contributed by atoms with Crippen LogP contribution < -0.4 is 0 Å². The smallest absolute Gasteiger partial charge is 0.328 e. The summed E-state index contributed by atoms with van der Waals surface area (Å²) in [5.74, 6) is -0.409. The molecule has 2 rings (SSSR count). The second-order valence-electron chi connectivity index (χ2n) is 4.21. The van der Waals surface area contributed by atoms with Crippen LogP contribution in [0.15, 0.2) is 12.1 Å². The van der Waals surface area contributed by atoms with Crippen molar-refractivity contribution in [2.75, 3.05) is 6.61 Å². The molecule has 1 heterocycles. The highest BCUT2D eigenvalue weighted by molar-refractivity contribution is 6.31. The highest BCUT2D eigenvalue weighted by Gasteiger charge is 2.23. The van der Waals surface area contributed by atoms with E-state index in [1.807, 2.05) is 0 Å². The Labute approximate surface area is 125 Å². The van der Waals surface area contributed by atoms with E-state index in [2.05, 4.69) is 4.98 Å². The minimum Gasteiger partial charge on any atom is -0.464 e. The summed E-state index contributed by atoms with van der Waals surface area (Å²) in [6.07, 6.45) is 0. The molecule has 0 aliphatic heterocycles. The highest BCUT2D eigenvalue weighted by Crippen LogP contribution is 2.27. The minimum absolute atomic E-state index is 0.0316. The first-order valence-electron chi connectivity index (χ1n) is 6.08. The van der Waals surface area contributed by atoms with E-state index in [0.29, 0.717) is 16.9 Å². The molecule has 4 nitrogen and oxygen atoms in total. The van der Waals surface area contributed by atoms with Gasteiger partial charge in [0.2, 0.25) is 0 Å². The maximum Gasteiger partial charge on any atom is 0.328 e. The van der Waals surface area contributed by atoms with Crippen LogP contribution in [0.2, 0.25) is 5.02 Å². The van der Waals surface area contributed by atoms with Crippen molar-refractivity contribution in [2.45, 2.75) is 25.8 Å². The Morgan fingerprint density at radius 1 is 1.55 bits per heavy atom. The number of halogens is 3. The van der Waals surface area contributed by atoms with Crippen molar-refractivity contribution >= 4 is 40.2 Å². The summed E-state index contributed by atoms with van der Waals surface area (Å²) in [5, 5.41) is -0.0316. The van der Waals surface area contributed by atoms with E-state index in [4.69, 9.17) is 27.9 Å². The Morgan fingerprint density at radius 2 is 2.25 bits per heavy atom. The quantitative estimate of drug-likeness (QED) is 0.638. The minimum atomic E-state index is -0.616. The van der Waals surface area contributed by atoms with Crippen LogP contribution in [0.5, 0.6) is 0 Å². The van der Waals surface area contributed by atoms with Crippen molar-refractivity contribution in [2.24, 2.45) is 0 Å². The van der Waals surface area contributed by atoms with E-state index in [1.165, 1.54) is 12.1 Å². The fourth-order valence-corrected chi connectivity index (χ4v) is 2.38. The van der Waals surface area contributed by atoms with Gasteiger partial charge in [0.1, 0.15) is 17.7 Å². The molecule has 0 fully saturated rings. The standard InChI is InChI=1S/C13H13Cl2FN2O2/c1-3-20-13(19)7(2)18-11-4-8(15)9(16)5-10(11)17-12(18)6-14/h4-5,7H,3,6H2,1-2H3. The molecule has 1 aromatic carbocycles. The Balaban J connectivity index is 2.60. The van der Waals surface area contributed by atoms with E-state index >= 15 is 0 Å². The zero-order valence-electron chi connectivity index (χ0n) is 11.0. The Bertz CT molecular complexity index is 657. The molecular weight excluding hydrogens is 306 g/mol. The number of esters is 1. The molecule has 2 aromatic rings. The first-order valence-corrected chi connectivity index (χ1v) is 6.99. The number of aromatic nitrogens is 2. The van der Waals surface area contributed by atoms with Gasteiger partial charge in [-0.2, -0.15) is 0 Å². The number of imidazole rings is 1. The summed E-state index contributed by atoms with van der Waals surface area (Å²) in [6.45, 7) is 3.68. The molecule has 108 valence electrons. The number of fused-ring (bicyclic) bond motifs is 1. The first-order chi connectivity index (χ1) is 9.49. The van der Waals surface area contributed by atoms with E-state index in [9.17, 15) is 9.18 Å². The largest absolute Gasteiger partial charge is 0.464 e. The monoisotopic (exact) mass is 318 g/mol. The van der Waals surface area contributed by atoms with Crippen molar-refractivity contribution in [3.05, 3.63) is 28.8 Å². The third-order valence-electron chi connectivity index (χ3n) is 2.94. The van der Waals surface area contributed by atoms with Gasteiger partial charge in [-0.05, 0) is 19.9 Å². The van der Waals surface area contributed by atoms with Crippen LogP contribution in [-0.2, 0) is 15.4 Å². The molecule has 0 N–H and O–H groups in total. The third kappa shape index (κ3) is 2.60. The van der Waals surface area contributed by atoms with Crippen molar-refractivity contribution in [3.63, 3.8) is 0 Å². The first kappa shape index (κ1) is 15.1. The molecule has 0 saturated heterocycles. The second-order valence-corrected chi connectivity index (χ2v) is 4.89. The van der Waals surface area contributed by atoms with Gasteiger partial charge in [0.05, 0.1) is 28.5 Å². The SMILES string of the molecule is CCOC(=O)C(C)n1c(CCl)nc2cc(F)c(Cl)cc21. The average Bonchev–Trinajstić information content (AvgIpc) is 2.76. The molecule has 1 aromatic heterocycles. The fraction of sp³-hybridized carbons (Fsp3) is 0.385. The lowest BCUT2D eigenvalue weighted by Crippen LogP contribution is -2.20. The lowest BCUT2D eigenvalue weighted by atomic mass is 10.2. The van der Waals surface area contributed by atoms with E-state index in [1.54, 1.807) is 18.4 Å². The van der Waals surface area contributed by atoms with Crippen LogP contribution in [0.1, 0.15) is 25.7 Å². The van der Waals surface area contributed by atoms with Crippen LogP contribution >= 0.6 is 23.2 Å². The van der Waals surface area contributed by atoms with Gasteiger partial charge in [-0.15, -0.1) is 11.6 Å². The van der Waals surface area contributed by atoms with Gasteiger partial charge in [-0.25, -0.2) is 14.2 Å². The number of hydrogen-bond acceptors (Lipinski definition) is 3. The van der Waals surface area contributed by atoms with Gasteiger partial charge < -0.3 is 9.30 Å². The molecule has 7 heteroatoms. The topological polar surface area (TPSA) is 44.1 Å². The number of carbonyl (C=O) groups is 1. The summed E-state index contributed by atoms with van der Waals surface area (Å²) in [5.41, 5.74) is 0.950. The number of carbonyl (C=O) groups excluding carboxylic acids is 1. The summed E-state index contributed by atoms with van der Waals surface area (Å²) in [7, 11) is 0. The zero-order chi connectivity index (χ0) is 14.9. The van der Waals surface area contributed by atoms with Crippen LogP contribution in [0.25, 0.3) is 11.0 Å². The molecule has 0 radical (unpaired) electrons. The van der Waals surface area contributed by atoms with Crippen molar-refractivity contribution in [3.8, 4) is 0 Å². The number of nitrogens with zero attached hydrogens (tertiary/aromatic N) is 2. The van der Waals surface area contributed by atoms with Gasteiger partial charge in [0.25, 0.3) is 0 Å². The molecular formula is C13H13Cl2FN2O2. The second kappa shape index (κ2) is 5.97. The molecule has 0 amide bonds. The number of rotatable bonds is 4. The molecule has 20 heavy (non-hydrogen) atoms. The molecule has 1 atom stereocenters. The molecule has 0 aliphatic rings. The third-order valence-corrected chi connectivity index (χ3v) is 3.47. The summed E-state index contributed by atoms with van der Waals surface area (Å²) in [6, 6.07) is 2.04. The van der Waals surface area contributed by atoms with Crippen LogP contribution in [0.3, 0.4) is 0 Å². The Kier molecular flexibility index (Phi) is 4.50. The van der Waals surface area contributed by atoms with Gasteiger partial charge in [0, 0.05) is 6.07 Å². The van der Waals surface area contributed by atoms with Gasteiger partial charge in [0.15, 0.2) is 0 Å². The predicted octanol–water partition coefficient (Wildman–Crippen LogP) is 3.69. The lowest BCUT2D eigenvalue weighted by molar-refractivity contribution is -0.146. The van der Waals surface area contributed by atoms with E-state index in [0.717, 1.165) is 0 Å². The van der Waals surface area contributed by atoms with Gasteiger partial charge in [-0.3, -0.25) is 0 Å². The van der Waals surface area contributed by atoms with E-state index in [-0.39, 0.29) is 17.5 Å². The van der Waals surface area contributed by atoms with Crippen molar-refractivity contribution < 1.29 is 13.9 Å². The van der Waals surface area contributed by atoms with Crippen LogP contribution in [-0.4, -0.2) is 22.1 Å². The normalized spacial score (nSPS) is 12.7. The molecule has 0 spiro atoms. The summed E-state index contributed by atoms with van der Waals surface area (Å²) >= 11 is 11.6. The number of alkyl halides is 1. The lowest BCUT2D eigenvalue weighted by Gasteiger charge is -2.15. The maximum atomic E-state index is 13.5. The average molecular weight is 319 g/mol.